The molecule has 1 unspecified atom stereocenters. The second-order valence-corrected chi connectivity index (χ2v) is 12.8. The van der Waals surface area contributed by atoms with Gasteiger partial charge in [-0.2, -0.15) is 0 Å². The maximum absolute atomic E-state index is 15.3. The first-order valence-electron chi connectivity index (χ1n) is 12.9. The molecule has 1 atom stereocenters. The Balaban J connectivity index is 1.91. The molecule has 0 saturated carbocycles. The van der Waals surface area contributed by atoms with E-state index in [2.05, 4.69) is 27.1 Å². The molecule has 0 N–H and O–H groups in total. The number of hydrogen-bond acceptors (Lipinski definition) is 9. The number of nitriles is 1. The molecule has 1 aromatic carbocycles. The Hall–Kier alpha value is -2.58. The third kappa shape index (κ3) is 9.84. The molecular weight excluding hydrogens is 627 g/mol. The second kappa shape index (κ2) is 15.9. The fraction of sp³-hybridized carbons (Fsp3) is 0.560. The molecule has 0 aliphatic rings. The number of hydrogen-bond donors (Lipinski definition) is 0. The fourth-order valence-corrected chi connectivity index (χ4v) is 7.56. The maximum atomic E-state index is 15.3. The monoisotopic (exact) mass is 661 g/mol. The van der Waals surface area contributed by atoms with Crippen LogP contribution in [0, 0.1) is 23.0 Å². The SMILES string of the molecule is CCCCCCCCCO[I+]([O-])(OCCC#N)OC(Cn1cncn1)(Cn1cncn1)c1ccc(F)cc1F. The van der Waals surface area contributed by atoms with Crippen LogP contribution in [0.4, 0.5) is 8.78 Å². The average Bonchev–Trinajstić information content (AvgIpc) is 3.60. The van der Waals surface area contributed by atoms with Gasteiger partial charge in [0.25, 0.3) is 0 Å². The molecule has 11 nitrogen and oxygen atoms in total. The third-order valence-electron chi connectivity index (χ3n) is 5.82. The molecule has 0 fully saturated rings. The van der Waals surface area contributed by atoms with E-state index < -0.39 is 37.3 Å². The molecule has 0 radical (unpaired) electrons. The Kier molecular flexibility index (Phi) is 12.6. The second-order valence-electron chi connectivity index (χ2n) is 8.92. The molecule has 0 aliphatic heterocycles. The molecule has 0 aliphatic carbocycles. The minimum atomic E-state index is -5.32. The zero-order valence-corrected chi connectivity index (χ0v) is 24.1. The normalized spacial score (nSPS) is 14.1. The number of rotatable bonds is 19. The number of aromatic nitrogens is 6. The van der Waals surface area contributed by atoms with Gasteiger partial charge < -0.3 is 0 Å². The molecule has 0 amide bonds. The van der Waals surface area contributed by atoms with Gasteiger partial charge in [0, 0.05) is 0 Å². The van der Waals surface area contributed by atoms with Gasteiger partial charge in [-0.3, -0.25) is 0 Å². The minimum absolute atomic E-state index is 0.0540. The predicted molar refractivity (Wildman–Crippen MR) is 129 cm³/mol. The van der Waals surface area contributed by atoms with E-state index in [4.69, 9.17) is 14.5 Å². The molecule has 3 aromatic rings. The molecule has 0 spiro atoms. The van der Waals surface area contributed by atoms with Gasteiger partial charge in [-0.1, -0.05) is 0 Å². The van der Waals surface area contributed by atoms with Crippen LogP contribution >= 0.6 is 0 Å². The standard InChI is InChI=1S/C25H34F2IN7O4/c1-2-3-4-5-6-7-8-13-37-28(36,38-14-9-12-29)39-25(16-34-20-30-18-32-34,17-35-21-31-19-33-35)23-11-10-22(26)15-24(23)27/h10-11,15,18-21H,2-9,13-14,16-17H2,1H3. The van der Waals surface area contributed by atoms with Crippen LogP contribution in [0.25, 0.3) is 0 Å². The summed E-state index contributed by atoms with van der Waals surface area (Å²) in [7, 11) is 0. The van der Waals surface area contributed by atoms with Crippen molar-refractivity contribution in [1.82, 2.24) is 29.5 Å². The topological polar surface area (TPSA) is 136 Å². The summed E-state index contributed by atoms with van der Waals surface area (Å²) in [5.74, 6) is -1.72. The number of benzene rings is 1. The number of nitrogens with zero attached hydrogens (tertiary/aromatic N) is 7. The summed E-state index contributed by atoms with van der Waals surface area (Å²) in [6.45, 7) is 1.66. The summed E-state index contributed by atoms with van der Waals surface area (Å²) < 4.78 is 63.6. The Labute approximate surface area is 232 Å². The van der Waals surface area contributed by atoms with Crippen molar-refractivity contribution in [2.75, 3.05) is 13.2 Å². The molecule has 0 saturated heterocycles. The predicted octanol–water partition coefficient (Wildman–Crippen LogP) is 0.638. The Morgan fingerprint density at radius 1 is 0.949 bits per heavy atom. The zero-order chi connectivity index (χ0) is 28.0. The van der Waals surface area contributed by atoms with Gasteiger partial charge in [0.2, 0.25) is 0 Å². The van der Waals surface area contributed by atoms with Gasteiger partial charge in [0.15, 0.2) is 0 Å². The van der Waals surface area contributed by atoms with E-state index in [-0.39, 0.29) is 38.3 Å². The fourth-order valence-electron chi connectivity index (χ4n) is 3.97. The van der Waals surface area contributed by atoms with Crippen molar-refractivity contribution >= 4 is 0 Å². The van der Waals surface area contributed by atoms with Crippen molar-refractivity contribution in [1.29, 1.82) is 5.26 Å². The van der Waals surface area contributed by atoms with Crippen molar-refractivity contribution in [2.24, 2.45) is 0 Å². The van der Waals surface area contributed by atoms with Gasteiger partial charge in [-0.25, -0.2) is 0 Å². The number of halogens is 3. The van der Waals surface area contributed by atoms with E-state index in [1.54, 1.807) is 0 Å². The summed E-state index contributed by atoms with van der Waals surface area (Å²) in [4.78, 5) is 7.87. The summed E-state index contributed by atoms with van der Waals surface area (Å²) in [6.07, 6.45) is 12.4. The van der Waals surface area contributed by atoms with Crippen LogP contribution in [0.5, 0.6) is 0 Å². The molecule has 14 heteroatoms. The van der Waals surface area contributed by atoms with E-state index in [1.807, 2.05) is 6.07 Å². The van der Waals surface area contributed by atoms with Crippen LogP contribution < -0.4 is 23.5 Å². The Morgan fingerprint density at radius 2 is 1.56 bits per heavy atom. The van der Waals surface area contributed by atoms with Crippen molar-refractivity contribution in [2.45, 2.75) is 77.0 Å². The molecule has 0 bridgehead atoms. The van der Waals surface area contributed by atoms with E-state index >= 15 is 4.39 Å². The molecule has 2 heterocycles. The summed E-state index contributed by atoms with van der Waals surface area (Å²) in [5.41, 5.74) is -1.90. The number of unbranched alkanes of at least 4 members (excludes halogenated alkanes) is 6. The van der Waals surface area contributed by atoms with E-state index in [9.17, 15) is 7.83 Å². The van der Waals surface area contributed by atoms with E-state index in [1.165, 1.54) is 47.2 Å². The van der Waals surface area contributed by atoms with Crippen LogP contribution in [0.2, 0.25) is 0 Å². The van der Waals surface area contributed by atoms with Gasteiger partial charge in [-0.15, -0.1) is 0 Å². The third-order valence-corrected chi connectivity index (χ3v) is 9.60. The molecular formula is C25H34F2IN7O4. The van der Waals surface area contributed by atoms with Gasteiger partial charge in [0.05, 0.1) is 0 Å². The average molecular weight is 661 g/mol. The van der Waals surface area contributed by atoms with Crippen LogP contribution in [-0.2, 0) is 27.9 Å². The Morgan fingerprint density at radius 3 is 2.13 bits per heavy atom. The van der Waals surface area contributed by atoms with Crippen molar-refractivity contribution in [3.05, 3.63) is 60.7 Å². The van der Waals surface area contributed by atoms with Crippen LogP contribution in [0.3, 0.4) is 0 Å². The van der Waals surface area contributed by atoms with Crippen LogP contribution in [0.1, 0.15) is 63.9 Å². The van der Waals surface area contributed by atoms with Gasteiger partial charge >= 0.3 is 233 Å². The van der Waals surface area contributed by atoms with Gasteiger partial charge in [0.1, 0.15) is 0 Å². The first kappa shape index (κ1) is 31.0. The first-order valence-corrected chi connectivity index (χ1v) is 16.4. The van der Waals surface area contributed by atoms with Crippen molar-refractivity contribution < 1.29 is 41.5 Å². The summed E-state index contributed by atoms with van der Waals surface area (Å²) in [6, 6.07) is 4.93. The van der Waals surface area contributed by atoms with E-state index in [0.717, 1.165) is 38.2 Å². The summed E-state index contributed by atoms with van der Waals surface area (Å²) >= 11 is -5.32. The molecule has 214 valence electrons. The van der Waals surface area contributed by atoms with Crippen molar-refractivity contribution in [3.63, 3.8) is 0 Å². The van der Waals surface area contributed by atoms with Crippen LogP contribution in [0.15, 0.2) is 43.5 Å². The molecule has 39 heavy (non-hydrogen) atoms. The first-order chi connectivity index (χ1) is 18.9. The molecule has 3 rings (SSSR count). The van der Waals surface area contributed by atoms with Gasteiger partial charge in [-0.05, 0) is 0 Å². The van der Waals surface area contributed by atoms with Crippen molar-refractivity contribution in [3.8, 4) is 6.07 Å². The molecule has 2 aromatic heterocycles. The van der Waals surface area contributed by atoms with Crippen LogP contribution in [-0.4, -0.2) is 42.7 Å². The van der Waals surface area contributed by atoms with E-state index in [0.29, 0.717) is 12.5 Å². The Bertz CT molecular complexity index is 1110. The zero-order valence-electron chi connectivity index (χ0n) is 21.9. The summed E-state index contributed by atoms with van der Waals surface area (Å²) in [5, 5.41) is 17.2. The quantitative estimate of drug-likeness (QED) is 0.134.